The van der Waals surface area contributed by atoms with Crippen LogP contribution >= 0.6 is 0 Å². The maximum absolute atomic E-state index is 7.82. The van der Waals surface area contributed by atoms with Crippen LogP contribution in [0, 0.1) is 89.8 Å². The van der Waals surface area contributed by atoms with Gasteiger partial charge in [0.15, 0.2) is 0 Å². The van der Waals surface area contributed by atoms with Crippen LogP contribution in [0.1, 0.15) is 66.4 Å². The maximum Gasteiger partial charge on any atom is 0.0280 e. The summed E-state index contributed by atoms with van der Waals surface area (Å²) in [6, 6.07) is 158. The smallest absolute Gasteiger partial charge is 0.0280 e. The van der Waals surface area contributed by atoms with Crippen molar-refractivity contribution >= 4 is 0 Å². The van der Waals surface area contributed by atoms with E-state index >= 15 is 0 Å². The minimum absolute atomic E-state index is 0. The van der Waals surface area contributed by atoms with Crippen molar-refractivity contribution in [2.24, 2.45) is 0 Å². The summed E-state index contributed by atoms with van der Waals surface area (Å²) in [7, 11) is 0. The molecule has 139 heavy (non-hydrogen) atoms. The number of rotatable bonds is 14. The van der Waals surface area contributed by atoms with E-state index in [1.54, 1.807) is 73.9 Å². The molecule has 13 heteroatoms. The van der Waals surface area contributed by atoms with Crippen molar-refractivity contribution in [2.45, 2.75) is 54.5 Å². The van der Waals surface area contributed by atoms with Crippen LogP contribution in [0.25, 0.3) is 146 Å². The number of hydrogen-bond donors (Lipinski definition) is 0. The summed E-state index contributed by atoms with van der Waals surface area (Å²) in [4.78, 5) is 34.7. The average molecular weight is 2700 g/mol. The van der Waals surface area contributed by atoms with E-state index in [1.165, 1.54) is 57.5 Å². The standard InChI is InChI=1S/C19H16N.2C18H14N.2C17H12N.C13H12N.2C12H10N.5Ir/c1-2-15-13-19(17-11-7-4-8-12-17)20-14-18(15)16-9-5-3-6-10-16;2*1-14-12-18(16-10-6-3-7-11-16)19-13-17(14)15-8-4-2-5-9-15;2*1-3-7-14(8-4-1)16-11-12-18-17(13-16)15-9-5-2-6-10-15;1-10-8-13(14-9-11(10)2)12-6-4-3-5-7-12;2*1-10-7-8-12(13-9-10)11-5-3-2-4-6-11;;;;;/h3-11,13-14H,2H2,1H3;2*2-10,12-13H,1H3;2*1-9,11-13H;3-6,8-9H,1-2H3;2*2-5,7-9H,1H3;;;;;/q8*-1;;;;;/i2*1D3;;;;2D3;2*1D3;;;;;. The SMILES string of the molecule is Cc1cc(-c2[c-]cccc2)ncc1-c1ccccc1.[2H]C([2H])([2H])Cc1cc(-c2[c-]cccc2)ncc1-c1ccccc1.[2H]C([2H])([2H])c1cc(-c2[c-]cccc2)ncc1-c1ccccc1.[2H]C([2H])([2H])c1ccc(-c2[c-]cccc2)nc1.[2H]C([2H])([2H])c1ccc(-c2[c-]cccc2)nc1.[2H]C([2H])([2H])c1cnc(-c2[c-]cccc2)cc1C.[Ir].[Ir].[Ir].[Ir].[Ir].[c-]1ccccc1-c1cc(-c2ccccc2)ccn1.[c-]1ccccc1-c1cc(-c2ccccc2)ccn1. The van der Waals surface area contributed by atoms with Gasteiger partial charge in [0.25, 0.3) is 0 Å². The molecule has 0 bridgehead atoms. The molecule has 0 spiro atoms. The fourth-order valence-corrected chi connectivity index (χ4v) is 13.7. The molecule has 0 aliphatic rings. The van der Waals surface area contributed by atoms with Crippen molar-refractivity contribution in [3.63, 3.8) is 0 Å². The van der Waals surface area contributed by atoms with Crippen molar-refractivity contribution in [1.82, 2.24) is 39.9 Å². The van der Waals surface area contributed by atoms with Gasteiger partial charge in [0.1, 0.15) is 0 Å². The number of benzene rings is 13. The second kappa shape index (κ2) is 58.8. The van der Waals surface area contributed by atoms with Gasteiger partial charge in [-0.25, -0.2) is 0 Å². The third kappa shape index (κ3) is 33.3. The molecule has 0 unspecified atom stereocenters. The van der Waals surface area contributed by atoms with E-state index in [0.717, 1.165) is 112 Å². The zero-order valence-corrected chi connectivity index (χ0v) is 87.4. The Balaban J connectivity index is 0.000000194. The van der Waals surface area contributed by atoms with Gasteiger partial charge < -0.3 is 39.9 Å². The van der Waals surface area contributed by atoms with E-state index in [0.29, 0.717) is 22.4 Å². The van der Waals surface area contributed by atoms with E-state index in [2.05, 4.69) is 150 Å². The zero-order chi connectivity index (χ0) is 105. The molecule has 21 rings (SSSR count). The molecule has 0 N–H and O–H groups in total. The molecule has 0 aliphatic carbocycles. The van der Waals surface area contributed by atoms with Crippen molar-refractivity contribution in [2.75, 3.05) is 0 Å². The minimum Gasteiger partial charge on any atom is -0.305 e. The second-order valence-corrected chi connectivity index (χ2v) is 30.1. The minimum atomic E-state index is -2.20. The fourth-order valence-electron chi connectivity index (χ4n) is 13.7. The topological polar surface area (TPSA) is 103 Å². The molecule has 0 saturated heterocycles. The maximum atomic E-state index is 7.82. The Bertz CT molecular complexity index is 7390. The molecule has 8 nitrogen and oxygen atoms in total. The van der Waals surface area contributed by atoms with Crippen LogP contribution in [-0.4, -0.2) is 39.9 Å². The molecule has 21 aromatic rings. The Morgan fingerprint density at radius 2 is 0.468 bits per heavy atom. The number of aromatic nitrogens is 8. The van der Waals surface area contributed by atoms with Gasteiger partial charge in [0.2, 0.25) is 0 Å². The number of pyridine rings is 8. The van der Waals surface area contributed by atoms with E-state index in [1.807, 2.05) is 328 Å². The first-order valence-corrected chi connectivity index (χ1v) is 43.2. The molecular formula is C126H100Ir5N8-8. The Hall–Kier alpha value is -13.7. The third-order valence-corrected chi connectivity index (χ3v) is 20.7. The molecule has 0 amide bonds. The summed E-state index contributed by atoms with van der Waals surface area (Å²) in [6.45, 7) is -6.60. The molecule has 5 radical (unpaired) electrons. The van der Waals surface area contributed by atoms with Crippen molar-refractivity contribution in [3.8, 4) is 146 Å². The van der Waals surface area contributed by atoms with Gasteiger partial charge in [-0.1, -0.05) is 225 Å². The van der Waals surface area contributed by atoms with Crippen LogP contribution in [0.3, 0.4) is 0 Å². The van der Waals surface area contributed by atoms with Crippen LogP contribution in [0.5, 0.6) is 0 Å². The molecule has 8 heterocycles. The van der Waals surface area contributed by atoms with Gasteiger partial charge in [0.05, 0.1) is 0 Å². The predicted molar refractivity (Wildman–Crippen MR) is 553 cm³/mol. The van der Waals surface area contributed by atoms with Crippen LogP contribution < -0.4 is 0 Å². The third-order valence-electron chi connectivity index (χ3n) is 20.7. The Labute approximate surface area is 909 Å². The van der Waals surface area contributed by atoms with Crippen LogP contribution in [0.4, 0.5) is 0 Å². The summed E-state index contributed by atoms with van der Waals surface area (Å²) in [5, 5.41) is 0. The molecule has 0 fully saturated rings. The Morgan fingerprint density at radius 3 is 0.755 bits per heavy atom. The second-order valence-electron chi connectivity index (χ2n) is 30.1. The Kier molecular flexibility index (Phi) is 37.2. The van der Waals surface area contributed by atoms with Gasteiger partial charge in [-0.2, -0.15) is 0 Å². The van der Waals surface area contributed by atoms with Gasteiger partial charge in [-0.05, 0) is 178 Å². The van der Waals surface area contributed by atoms with Crippen molar-refractivity contribution in [1.29, 1.82) is 0 Å². The molecule has 697 valence electrons. The number of nitrogens with zero attached hydrogens (tertiary/aromatic N) is 8. The first kappa shape index (κ1) is 88.0. The van der Waals surface area contributed by atoms with Gasteiger partial charge in [-0.15, -0.1) is 287 Å². The molecule has 0 saturated carbocycles. The van der Waals surface area contributed by atoms with E-state index < -0.39 is 34.3 Å². The summed E-state index contributed by atoms with van der Waals surface area (Å²) in [5.74, 6) is 0. The largest absolute Gasteiger partial charge is 0.305 e. The summed E-state index contributed by atoms with van der Waals surface area (Å²) in [6.07, 6.45) is 13.3. The van der Waals surface area contributed by atoms with Crippen LogP contribution in [0.2, 0.25) is 0 Å². The Morgan fingerprint density at radius 1 is 0.201 bits per heavy atom. The van der Waals surface area contributed by atoms with E-state index in [4.69, 9.17) is 20.6 Å². The zero-order valence-electron chi connectivity index (χ0n) is 90.4. The fraction of sp³-hybridized carbons (Fsp3) is 0.0635. The predicted octanol–water partition coefficient (Wildman–Crippen LogP) is 31.1. The molecule has 0 atom stereocenters. The summed E-state index contributed by atoms with van der Waals surface area (Å²) in [5.41, 5.74) is 28.1. The number of hydrogen-bond acceptors (Lipinski definition) is 8. The monoisotopic (exact) mass is 2700 g/mol. The van der Waals surface area contributed by atoms with Crippen molar-refractivity contribution < 1.29 is 121 Å². The molecular weight excluding hydrogens is 2590 g/mol. The quantitative estimate of drug-likeness (QED) is 0.0992. The number of aryl methyl sites for hydroxylation is 7. The summed E-state index contributed by atoms with van der Waals surface area (Å²) >= 11 is 0. The van der Waals surface area contributed by atoms with Crippen molar-refractivity contribution in [3.05, 3.63) is 556 Å². The summed E-state index contributed by atoms with van der Waals surface area (Å²) < 4.78 is 112. The first-order chi connectivity index (χ1) is 71.9. The van der Waals surface area contributed by atoms with Gasteiger partial charge in [0, 0.05) is 187 Å². The first-order valence-electron chi connectivity index (χ1n) is 50.7. The average Bonchev–Trinajstić information content (AvgIpc) is 0.790. The van der Waals surface area contributed by atoms with Crippen LogP contribution in [0.15, 0.2) is 468 Å². The molecule has 13 aromatic carbocycles. The van der Waals surface area contributed by atoms with E-state index in [9.17, 15) is 0 Å². The molecule has 0 aliphatic heterocycles. The van der Waals surface area contributed by atoms with Gasteiger partial charge >= 0.3 is 0 Å². The normalized spacial score (nSPS) is 11.9. The van der Waals surface area contributed by atoms with Crippen LogP contribution in [-0.2, 0) is 107 Å². The molecule has 8 aromatic heterocycles. The van der Waals surface area contributed by atoms with E-state index in [-0.39, 0.29) is 118 Å². The van der Waals surface area contributed by atoms with Gasteiger partial charge in [-0.3, -0.25) is 0 Å².